The fourth-order valence-electron chi connectivity index (χ4n) is 2.21. The van der Waals surface area contributed by atoms with Crippen molar-refractivity contribution in [2.45, 2.75) is 13.5 Å². The standard InChI is InChI=1S/C12H21N5S/c1-10-11(8-14-15(10)3)9-16-4-6-17(7-5-16)12(18)13-2/h8H,4-7,9H2,1-3H3,(H,13,18). The van der Waals surface area contributed by atoms with E-state index in [9.17, 15) is 0 Å². The molecule has 18 heavy (non-hydrogen) atoms. The zero-order chi connectivity index (χ0) is 13.1. The lowest BCUT2D eigenvalue weighted by Crippen LogP contribution is -2.50. The quantitative estimate of drug-likeness (QED) is 0.783. The lowest BCUT2D eigenvalue weighted by molar-refractivity contribution is 0.174. The van der Waals surface area contributed by atoms with Crippen LogP contribution in [0.3, 0.4) is 0 Å². The maximum Gasteiger partial charge on any atom is 0.168 e. The minimum Gasteiger partial charge on any atom is -0.366 e. The van der Waals surface area contributed by atoms with Crippen molar-refractivity contribution in [1.29, 1.82) is 0 Å². The van der Waals surface area contributed by atoms with Crippen LogP contribution in [0.15, 0.2) is 6.20 Å². The molecule has 100 valence electrons. The van der Waals surface area contributed by atoms with Gasteiger partial charge in [-0.1, -0.05) is 0 Å². The van der Waals surface area contributed by atoms with Crippen LogP contribution in [0.5, 0.6) is 0 Å². The van der Waals surface area contributed by atoms with Gasteiger partial charge >= 0.3 is 0 Å². The average molecular weight is 267 g/mol. The molecule has 0 unspecified atom stereocenters. The van der Waals surface area contributed by atoms with Gasteiger partial charge in [-0.15, -0.1) is 0 Å². The predicted octanol–water partition coefficient (Wildman–Crippen LogP) is 0.350. The summed E-state index contributed by atoms with van der Waals surface area (Å²) in [4.78, 5) is 4.68. The Labute approximate surface area is 114 Å². The second-order valence-corrected chi connectivity index (χ2v) is 5.08. The zero-order valence-electron chi connectivity index (χ0n) is 11.3. The molecule has 2 heterocycles. The van der Waals surface area contributed by atoms with E-state index in [0.717, 1.165) is 37.8 Å². The van der Waals surface area contributed by atoms with E-state index < -0.39 is 0 Å². The van der Waals surface area contributed by atoms with Crippen LogP contribution in [0.4, 0.5) is 0 Å². The average Bonchev–Trinajstić information content (AvgIpc) is 2.71. The molecule has 1 aliphatic heterocycles. The summed E-state index contributed by atoms with van der Waals surface area (Å²) in [5.74, 6) is 0. The van der Waals surface area contributed by atoms with Gasteiger partial charge in [-0.25, -0.2) is 0 Å². The molecule has 6 heteroatoms. The Hall–Kier alpha value is -1.14. The Kier molecular flexibility index (Phi) is 4.19. The summed E-state index contributed by atoms with van der Waals surface area (Å²) in [6, 6.07) is 0. The molecule has 1 aromatic rings. The molecule has 1 saturated heterocycles. The summed E-state index contributed by atoms with van der Waals surface area (Å²) in [5, 5.41) is 8.18. The maximum absolute atomic E-state index is 5.25. The molecular weight excluding hydrogens is 246 g/mol. The summed E-state index contributed by atoms with van der Waals surface area (Å²) in [6.07, 6.45) is 1.97. The van der Waals surface area contributed by atoms with E-state index >= 15 is 0 Å². The van der Waals surface area contributed by atoms with Crippen molar-refractivity contribution >= 4 is 17.3 Å². The van der Waals surface area contributed by atoms with Crippen LogP contribution >= 0.6 is 12.2 Å². The number of aryl methyl sites for hydroxylation is 1. The van der Waals surface area contributed by atoms with Crippen molar-refractivity contribution in [1.82, 2.24) is 24.9 Å². The molecule has 0 bridgehead atoms. The van der Waals surface area contributed by atoms with Gasteiger partial charge in [0, 0.05) is 58.1 Å². The minimum absolute atomic E-state index is 0.854. The molecule has 0 aromatic carbocycles. The first kappa shape index (κ1) is 13.3. The topological polar surface area (TPSA) is 36.3 Å². The Morgan fingerprint density at radius 2 is 2.06 bits per heavy atom. The lowest BCUT2D eigenvalue weighted by Gasteiger charge is -2.35. The molecular formula is C12H21N5S. The van der Waals surface area contributed by atoms with Crippen LogP contribution in [-0.4, -0.2) is 57.9 Å². The molecule has 5 nitrogen and oxygen atoms in total. The van der Waals surface area contributed by atoms with E-state index in [1.807, 2.05) is 25.0 Å². The maximum atomic E-state index is 5.25. The third-order valence-electron chi connectivity index (χ3n) is 3.60. The molecule has 0 amide bonds. The van der Waals surface area contributed by atoms with E-state index in [0.29, 0.717) is 0 Å². The Balaban J connectivity index is 1.87. The molecule has 0 radical (unpaired) electrons. The number of aromatic nitrogens is 2. The molecule has 2 rings (SSSR count). The molecule has 1 N–H and O–H groups in total. The Morgan fingerprint density at radius 1 is 1.39 bits per heavy atom. The highest BCUT2D eigenvalue weighted by Crippen LogP contribution is 2.11. The van der Waals surface area contributed by atoms with Crippen LogP contribution in [0.25, 0.3) is 0 Å². The van der Waals surface area contributed by atoms with Gasteiger partial charge in [0.15, 0.2) is 5.11 Å². The van der Waals surface area contributed by atoms with Gasteiger partial charge in [0.1, 0.15) is 0 Å². The fourth-order valence-corrected chi connectivity index (χ4v) is 2.39. The van der Waals surface area contributed by atoms with Crippen LogP contribution in [0.2, 0.25) is 0 Å². The SMILES string of the molecule is CNC(=S)N1CCN(Cc2cnn(C)c2C)CC1. The predicted molar refractivity (Wildman–Crippen MR) is 76.5 cm³/mol. The van der Waals surface area contributed by atoms with E-state index in [4.69, 9.17) is 12.2 Å². The monoisotopic (exact) mass is 267 g/mol. The molecule has 1 aromatic heterocycles. The van der Waals surface area contributed by atoms with E-state index in [1.165, 1.54) is 11.3 Å². The summed E-state index contributed by atoms with van der Waals surface area (Å²) < 4.78 is 1.93. The normalized spacial score (nSPS) is 16.9. The van der Waals surface area contributed by atoms with Crippen molar-refractivity contribution < 1.29 is 0 Å². The van der Waals surface area contributed by atoms with Crippen molar-refractivity contribution in [3.05, 3.63) is 17.5 Å². The summed E-state index contributed by atoms with van der Waals surface area (Å²) >= 11 is 5.25. The first-order chi connectivity index (χ1) is 8.61. The van der Waals surface area contributed by atoms with E-state index in [1.54, 1.807) is 0 Å². The minimum atomic E-state index is 0.854. The number of nitrogens with one attached hydrogen (secondary N) is 1. The number of nitrogens with zero attached hydrogens (tertiary/aromatic N) is 4. The number of thiocarbonyl (C=S) groups is 1. The summed E-state index contributed by atoms with van der Waals surface area (Å²) in [6.45, 7) is 7.21. The fraction of sp³-hybridized carbons (Fsp3) is 0.667. The van der Waals surface area contributed by atoms with Crippen LogP contribution < -0.4 is 5.32 Å². The second kappa shape index (κ2) is 5.67. The van der Waals surface area contributed by atoms with Crippen LogP contribution in [0.1, 0.15) is 11.3 Å². The zero-order valence-corrected chi connectivity index (χ0v) is 12.1. The number of hydrogen-bond acceptors (Lipinski definition) is 3. The largest absolute Gasteiger partial charge is 0.366 e. The highest BCUT2D eigenvalue weighted by molar-refractivity contribution is 7.80. The van der Waals surface area contributed by atoms with Crippen molar-refractivity contribution in [3.8, 4) is 0 Å². The number of piperazine rings is 1. The number of rotatable bonds is 2. The first-order valence-corrected chi connectivity index (χ1v) is 6.69. The van der Waals surface area contributed by atoms with Crippen molar-refractivity contribution in [3.63, 3.8) is 0 Å². The van der Waals surface area contributed by atoms with Gasteiger partial charge < -0.3 is 10.2 Å². The van der Waals surface area contributed by atoms with Gasteiger partial charge in [-0.2, -0.15) is 5.10 Å². The van der Waals surface area contributed by atoms with Crippen LogP contribution in [-0.2, 0) is 13.6 Å². The van der Waals surface area contributed by atoms with Gasteiger partial charge in [0.25, 0.3) is 0 Å². The Morgan fingerprint density at radius 3 is 2.56 bits per heavy atom. The molecule has 0 spiro atoms. The van der Waals surface area contributed by atoms with Crippen molar-refractivity contribution in [2.75, 3.05) is 33.2 Å². The second-order valence-electron chi connectivity index (χ2n) is 4.70. The third kappa shape index (κ3) is 2.81. The summed E-state index contributed by atoms with van der Waals surface area (Å²) in [7, 11) is 3.87. The molecule has 0 saturated carbocycles. The highest BCUT2D eigenvalue weighted by atomic mass is 32.1. The molecule has 0 atom stereocenters. The molecule has 0 aliphatic carbocycles. The summed E-state index contributed by atoms with van der Waals surface area (Å²) in [5.41, 5.74) is 2.57. The number of hydrogen-bond donors (Lipinski definition) is 1. The Bertz CT molecular complexity index is 420. The smallest absolute Gasteiger partial charge is 0.168 e. The first-order valence-electron chi connectivity index (χ1n) is 6.28. The van der Waals surface area contributed by atoms with Gasteiger partial charge in [0.2, 0.25) is 0 Å². The van der Waals surface area contributed by atoms with Gasteiger partial charge in [-0.3, -0.25) is 9.58 Å². The third-order valence-corrected chi connectivity index (χ3v) is 4.07. The molecule has 1 aliphatic rings. The van der Waals surface area contributed by atoms with E-state index in [2.05, 4.69) is 27.1 Å². The van der Waals surface area contributed by atoms with Crippen LogP contribution in [0, 0.1) is 6.92 Å². The lowest BCUT2D eigenvalue weighted by atomic mass is 10.2. The van der Waals surface area contributed by atoms with Crippen molar-refractivity contribution in [2.24, 2.45) is 7.05 Å². The van der Waals surface area contributed by atoms with Gasteiger partial charge in [-0.05, 0) is 19.1 Å². The van der Waals surface area contributed by atoms with E-state index in [-0.39, 0.29) is 0 Å². The molecule has 1 fully saturated rings. The highest BCUT2D eigenvalue weighted by Gasteiger charge is 2.19. The van der Waals surface area contributed by atoms with Gasteiger partial charge in [0.05, 0.1) is 6.20 Å².